The highest BCUT2D eigenvalue weighted by Gasteiger charge is 2.12. The molecule has 0 saturated carbocycles. The van der Waals surface area contributed by atoms with E-state index in [1.165, 1.54) is 5.01 Å². The van der Waals surface area contributed by atoms with E-state index in [9.17, 15) is 10.1 Å². The first-order chi connectivity index (χ1) is 8.27. The van der Waals surface area contributed by atoms with Gasteiger partial charge in [-0.25, -0.2) is 15.1 Å². The highest BCUT2D eigenvalue weighted by Crippen LogP contribution is 2.22. The zero-order valence-electron chi connectivity index (χ0n) is 8.98. The van der Waals surface area contributed by atoms with Crippen molar-refractivity contribution < 1.29 is 5.03 Å². The normalized spacial score (nSPS) is 9.65. The number of benzene rings is 2. The van der Waals surface area contributed by atoms with Crippen molar-refractivity contribution in [2.75, 3.05) is 5.01 Å². The van der Waals surface area contributed by atoms with Crippen molar-refractivity contribution >= 4 is 11.4 Å². The molecule has 5 nitrogen and oxygen atoms in total. The van der Waals surface area contributed by atoms with Gasteiger partial charge in [0.15, 0.2) is 5.03 Å². The summed E-state index contributed by atoms with van der Waals surface area (Å²) in [6.07, 6.45) is 0. The third-order valence-electron chi connectivity index (χ3n) is 2.21. The minimum atomic E-state index is -0.583. The van der Waals surface area contributed by atoms with E-state index in [4.69, 9.17) is 0 Å². The van der Waals surface area contributed by atoms with Crippen LogP contribution in [0.4, 0.5) is 11.4 Å². The van der Waals surface area contributed by atoms with Crippen LogP contribution in [-0.4, -0.2) is 5.03 Å². The molecule has 0 unspecified atom stereocenters. The molecule has 17 heavy (non-hydrogen) atoms. The van der Waals surface area contributed by atoms with Crippen molar-refractivity contribution in [2.24, 2.45) is 0 Å². The molecule has 2 rings (SSSR count). The molecule has 2 aromatic rings. The molecule has 86 valence electrons. The molecule has 5 heteroatoms. The van der Waals surface area contributed by atoms with E-state index < -0.39 is 5.03 Å². The molecular formula is C12H11N3O2. The standard InChI is InChI=1S/C12H11N3O2/c16-15(17)13-14(11-7-3-1-4-8-11)12-9-5-2-6-10-12/h1-10,13H. The highest BCUT2D eigenvalue weighted by atomic mass is 16.7. The van der Waals surface area contributed by atoms with Crippen LogP contribution in [0.25, 0.3) is 0 Å². The summed E-state index contributed by atoms with van der Waals surface area (Å²) in [6.45, 7) is 0. The Balaban J connectivity index is 2.36. The zero-order valence-corrected chi connectivity index (χ0v) is 8.98. The average molecular weight is 229 g/mol. The fourth-order valence-corrected chi connectivity index (χ4v) is 1.50. The second-order valence-corrected chi connectivity index (χ2v) is 3.36. The average Bonchev–Trinajstić information content (AvgIpc) is 2.38. The minimum Gasteiger partial charge on any atom is -0.233 e. The van der Waals surface area contributed by atoms with Crippen LogP contribution in [0.2, 0.25) is 0 Å². The second kappa shape index (κ2) is 4.98. The maximum atomic E-state index is 10.6. The van der Waals surface area contributed by atoms with Crippen molar-refractivity contribution in [3.8, 4) is 0 Å². The maximum absolute atomic E-state index is 10.6. The number of nitrogens with zero attached hydrogens (tertiary/aromatic N) is 2. The molecule has 0 aliphatic rings. The van der Waals surface area contributed by atoms with Gasteiger partial charge in [-0.05, 0) is 29.8 Å². The molecule has 0 aliphatic heterocycles. The van der Waals surface area contributed by atoms with Gasteiger partial charge in [0.25, 0.3) is 0 Å². The van der Waals surface area contributed by atoms with Crippen LogP contribution in [-0.2, 0) is 0 Å². The molecule has 0 bridgehead atoms. The molecule has 0 aliphatic carbocycles. The van der Waals surface area contributed by atoms with Crippen LogP contribution in [0.3, 0.4) is 0 Å². The number of hydrogen-bond donors (Lipinski definition) is 1. The van der Waals surface area contributed by atoms with Gasteiger partial charge in [0.05, 0.1) is 11.4 Å². The van der Waals surface area contributed by atoms with Crippen molar-refractivity contribution in [3.63, 3.8) is 0 Å². The summed E-state index contributed by atoms with van der Waals surface area (Å²) >= 11 is 0. The smallest absolute Gasteiger partial charge is 0.179 e. The number of hydrogen-bond acceptors (Lipinski definition) is 3. The van der Waals surface area contributed by atoms with Crippen LogP contribution < -0.4 is 10.5 Å². The Labute approximate surface area is 98.4 Å². The summed E-state index contributed by atoms with van der Waals surface area (Å²) in [5.41, 5.74) is 3.58. The molecule has 0 amide bonds. The number of para-hydroxylation sites is 2. The Morgan fingerprint density at radius 3 is 1.65 bits per heavy atom. The van der Waals surface area contributed by atoms with Gasteiger partial charge in [0, 0.05) is 0 Å². The first-order valence-corrected chi connectivity index (χ1v) is 5.08. The van der Waals surface area contributed by atoms with Crippen LogP contribution in [0, 0.1) is 10.1 Å². The third-order valence-corrected chi connectivity index (χ3v) is 2.21. The highest BCUT2D eigenvalue weighted by molar-refractivity contribution is 5.61. The van der Waals surface area contributed by atoms with Crippen molar-refractivity contribution in [1.29, 1.82) is 0 Å². The molecule has 0 heterocycles. The van der Waals surface area contributed by atoms with Crippen molar-refractivity contribution in [3.05, 3.63) is 70.8 Å². The maximum Gasteiger partial charge on any atom is 0.179 e. The van der Waals surface area contributed by atoms with E-state index in [2.05, 4.69) is 5.53 Å². The monoisotopic (exact) mass is 229 g/mol. The first-order valence-electron chi connectivity index (χ1n) is 5.08. The van der Waals surface area contributed by atoms with Gasteiger partial charge < -0.3 is 0 Å². The van der Waals surface area contributed by atoms with E-state index >= 15 is 0 Å². The minimum absolute atomic E-state index is 0.583. The number of nitro groups is 1. The lowest BCUT2D eigenvalue weighted by Gasteiger charge is -2.20. The number of nitrogens with one attached hydrogen (secondary N) is 1. The first kappa shape index (κ1) is 10.9. The van der Waals surface area contributed by atoms with Crippen LogP contribution >= 0.6 is 0 Å². The molecule has 1 N–H and O–H groups in total. The molecule has 0 fully saturated rings. The summed E-state index contributed by atoms with van der Waals surface area (Å²) in [4.78, 5) is 10.6. The summed E-state index contributed by atoms with van der Waals surface area (Å²) in [5, 5.41) is 11.4. The van der Waals surface area contributed by atoms with E-state index in [1.807, 2.05) is 36.4 Å². The molecule has 0 radical (unpaired) electrons. The predicted molar refractivity (Wildman–Crippen MR) is 65.2 cm³/mol. The predicted octanol–water partition coefficient (Wildman–Crippen LogP) is 2.52. The third kappa shape index (κ3) is 2.72. The van der Waals surface area contributed by atoms with Gasteiger partial charge in [0.2, 0.25) is 0 Å². The number of rotatable bonds is 4. The molecule has 0 aromatic heterocycles. The Bertz CT molecular complexity index is 448. The lowest BCUT2D eigenvalue weighted by atomic mass is 10.2. The van der Waals surface area contributed by atoms with Crippen LogP contribution in [0.5, 0.6) is 0 Å². The summed E-state index contributed by atoms with van der Waals surface area (Å²) < 4.78 is 0. The fourth-order valence-electron chi connectivity index (χ4n) is 1.50. The van der Waals surface area contributed by atoms with E-state index in [0.29, 0.717) is 11.4 Å². The van der Waals surface area contributed by atoms with Crippen molar-refractivity contribution in [2.45, 2.75) is 0 Å². The summed E-state index contributed by atoms with van der Waals surface area (Å²) in [6, 6.07) is 18.2. The number of hydrazine groups is 2. The van der Waals surface area contributed by atoms with Crippen LogP contribution in [0.1, 0.15) is 0 Å². The van der Waals surface area contributed by atoms with Gasteiger partial charge in [-0.15, -0.1) is 0 Å². The SMILES string of the molecule is O=[N+]([O-])NN(c1ccccc1)c1ccccc1. The molecule has 0 atom stereocenters. The molecule has 0 spiro atoms. The lowest BCUT2D eigenvalue weighted by molar-refractivity contribution is -0.544. The van der Waals surface area contributed by atoms with Gasteiger partial charge in [-0.3, -0.25) is 0 Å². The Kier molecular flexibility index (Phi) is 3.20. The molecule has 2 aromatic carbocycles. The van der Waals surface area contributed by atoms with Gasteiger partial charge in [-0.1, -0.05) is 36.4 Å². The van der Waals surface area contributed by atoms with Gasteiger partial charge in [0.1, 0.15) is 0 Å². The Hall–Kier alpha value is -2.56. The van der Waals surface area contributed by atoms with Gasteiger partial charge >= 0.3 is 0 Å². The topological polar surface area (TPSA) is 58.4 Å². The zero-order chi connectivity index (χ0) is 12.1. The largest absolute Gasteiger partial charge is 0.233 e. The van der Waals surface area contributed by atoms with E-state index in [0.717, 1.165) is 0 Å². The van der Waals surface area contributed by atoms with Crippen molar-refractivity contribution in [1.82, 2.24) is 5.53 Å². The second-order valence-electron chi connectivity index (χ2n) is 3.36. The molecular weight excluding hydrogens is 218 g/mol. The Morgan fingerprint density at radius 2 is 1.29 bits per heavy atom. The Morgan fingerprint density at radius 1 is 0.882 bits per heavy atom. The number of anilines is 2. The molecule has 0 saturated heterocycles. The lowest BCUT2D eigenvalue weighted by Crippen LogP contribution is -2.38. The summed E-state index contributed by atoms with van der Waals surface area (Å²) in [7, 11) is 0. The quantitative estimate of drug-likeness (QED) is 0.646. The summed E-state index contributed by atoms with van der Waals surface area (Å²) in [5.74, 6) is 0. The van der Waals surface area contributed by atoms with E-state index in [1.54, 1.807) is 24.3 Å². The fraction of sp³-hybridized carbons (Fsp3) is 0. The van der Waals surface area contributed by atoms with Gasteiger partial charge in [-0.2, -0.15) is 0 Å². The van der Waals surface area contributed by atoms with E-state index in [-0.39, 0.29) is 0 Å². The van der Waals surface area contributed by atoms with Crippen LogP contribution in [0.15, 0.2) is 60.7 Å².